The van der Waals surface area contributed by atoms with E-state index in [4.69, 9.17) is 15.2 Å². The van der Waals surface area contributed by atoms with Crippen LogP contribution in [0.2, 0.25) is 0 Å². The first-order valence-corrected chi connectivity index (χ1v) is 15.6. The zero-order valence-corrected chi connectivity index (χ0v) is 25.0. The van der Waals surface area contributed by atoms with Crippen molar-refractivity contribution >= 4 is 17.3 Å². The van der Waals surface area contributed by atoms with E-state index in [1.807, 2.05) is 42.5 Å². The number of anilines is 1. The Bertz CT molecular complexity index is 1530. The summed E-state index contributed by atoms with van der Waals surface area (Å²) in [6.07, 6.45) is 5.94. The number of rotatable bonds is 5. The molecule has 0 bridgehead atoms. The van der Waals surface area contributed by atoms with Gasteiger partial charge in [-0.25, -0.2) is 0 Å². The Morgan fingerprint density at radius 1 is 1.14 bits per heavy atom. The Balaban J connectivity index is 1.21. The Labute approximate surface area is 252 Å². The summed E-state index contributed by atoms with van der Waals surface area (Å²) in [6.45, 7) is 5.68. The van der Waals surface area contributed by atoms with Gasteiger partial charge in [-0.15, -0.1) is 0 Å². The number of aliphatic hydroxyl groups excluding tert-OH is 2. The molecule has 1 heterocycles. The number of aliphatic hydroxyl groups is 2. The first-order chi connectivity index (χ1) is 20.5. The van der Waals surface area contributed by atoms with Crippen LogP contribution in [0.15, 0.2) is 72.3 Å². The van der Waals surface area contributed by atoms with Crippen molar-refractivity contribution in [1.29, 1.82) is 0 Å². The molecule has 1 saturated heterocycles. The number of nitrogens with two attached hydrogens (primary N) is 1. The van der Waals surface area contributed by atoms with E-state index in [1.54, 1.807) is 12.2 Å². The second kappa shape index (κ2) is 9.96. The number of ketones is 2. The van der Waals surface area contributed by atoms with E-state index in [-0.39, 0.29) is 35.2 Å². The monoisotopic (exact) mass is 583 g/mol. The highest BCUT2D eigenvalue weighted by Crippen LogP contribution is 2.70. The van der Waals surface area contributed by atoms with Crippen molar-refractivity contribution in [2.45, 2.75) is 76.5 Å². The molecule has 2 aromatic carbocycles. The number of allylic oxidation sites excluding steroid dienone is 4. The molecule has 2 aromatic rings. The van der Waals surface area contributed by atoms with Crippen molar-refractivity contribution in [2.75, 3.05) is 12.3 Å². The van der Waals surface area contributed by atoms with E-state index >= 15 is 0 Å². The van der Waals surface area contributed by atoms with Crippen LogP contribution >= 0.6 is 0 Å². The minimum absolute atomic E-state index is 0.00345. The van der Waals surface area contributed by atoms with Gasteiger partial charge in [-0.3, -0.25) is 9.59 Å². The average Bonchev–Trinajstić information content (AvgIpc) is 3.50. The number of Topliss-reactive ketones (excluding diaryl/α,β-unsaturated/α-hetero) is 1. The number of carbonyl (C=O) groups is 2. The van der Waals surface area contributed by atoms with E-state index in [1.165, 1.54) is 0 Å². The molecule has 0 aromatic heterocycles. The number of benzene rings is 2. The molecule has 0 unspecified atom stereocenters. The second-order valence-electron chi connectivity index (χ2n) is 13.9. The Hall–Kier alpha value is -3.10. The molecule has 3 saturated carbocycles. The van der Waals surface area contributed by atoms with Crippen molar-refractivity contribution in [1.82, 2.24) is 0 Å². The average molecular weight is 584 g/mol. The zero-order valence-electron chi connectivity index (χ0n) is 25.0. The molecule has 0 radical (unpaired) electrons. The van der Waals surface area contributed by atoms with Crippen LogP contribution in [0.1, 0.15) is 75.4 Å². The van der Waals surface area contributed by atoms with Crippen LogP contribution in [0.25, 0.3) is 0 Å². The molecular formula is C36H41NO6. The maximum Gasteiger partial charge on any atom is 0.193 e. The van der Waals surface area contributed by atoms with Crippen LogP contribution in [-0.4, -0.2) is 46.2 Å². The summed E-state index contributed by atoms with van der Waals surface area (Å²) < 4.78 is 13.4. The fraction of sp³-hybridized carbons (Fsp3) is 0.500. The molecule has 7 nitrogen and oxygen atoms in total. The van der Waals surface area contributed by atoms with Gasteiger partial charge in [0.1, 0.15) is 6.61 Å². The van der Waals surface area contributed by atoms with E-state index < -0.39 is 41.5 Å². The molecule has 4 N–H and O–H groups in total. The fourth-order valence-electron chi connectivity index (χ4n) is 9.79. The summed E-state index contributed by atoms with van der Waals surface area (Å²) in [5, 5.41) is 22.1. The zero-order chi connectivity index (χ0) is 30.3. The van der Waals surface area contributed by atoms with E-state index in [2.05, 4.69) is 32.9 Å². The van der Waals surface area contributed by atoms with Gasteiger partial charge < -0.3 is 25.4 Å². The Morgan fingerprint density at radius 2 is 1.91 bits per heavy atom. The Kier molecular flexibility index (Phi) is 6.64. The van der Waals surface area contributed by atoms with Gasteiger partial charge in [0.2, 0.25) is 0 Å². The van der Waals surface area contributed by atoms with Crippen LogP contribution in [0.3, 0.4) is 0 Å². The SMILES string of the molecule is C[C@@H](c1ccc(N)cc1)c1cccc([C@@H]2O[C@@H]3C[C@H]4[C@@H]5CCC6=CC(=O)C=C[C@]6(C)[C@H]5[C@@H](O)C[C@]4(C)[C@]3(C(=O)CO)O2)c1. The first-order valence-electron chi connectivity index (χ1n) is 15.6. The van der Waals surface area contributed by atoms with Crippen molar-refractivity contribution < 1.29 is 29.3 Å². The maximum atomic E-state index is 13.8. The summed E-state index contributed by atoms with van der Waals surface area (Å²) in [5.74, 6) is -0.160. The largest absolute Gasteiger partial charge is 0.399 e. The summed E-state index contributed by atoms with van der Waals surface area (Å²) in [4.78, 5) is 26.0. The van der Waals surface area contributed by atoms with Gasteiger partial charge in [0, 0.05) is 33.9 Å². The predicted molar refractivity (Wildman–Crippen MR) is 162 cm³/mol. The lowest BCUT2D eigenvalue weighted by atomic mass is 9.46. The molecule has 7 rings (SSSR count). The van der Waals surface area contributed by atoms with Gasteiger partial charge >= 0.3 is 0 Å². The van der Waals surface area contributed by atoms with Gasteiger partial charge in [0.15, 0.2) is 23.5 Å². The van der Waals surface area contributed by atoms with Gasteiger partial charge in [-0.05, 0) is 72.9 Å². The number of fused-ring (bicyclic) bond motifs is 7. The van der Waals surface area contributed by atoms with Gasteiger partial charge in [-0.1, -0.05) is 68.8 Å². The summed E-state index contributed by atoms with van der Waals surface area (Å²) >= 11 is 0. The summed E-state index contributed by atoms with van der Waals surface area (Å²) in [5.41, 5.74) is 8.26. The van der Waals surface area contributed by atoms with Gasteiger partial charge in [0.05, 0.1) is 12.2 Å². The quantitative estimate of drug-likeness (QED) is 0.423. The molecule has 0 spiro atoms. The molecule has 226 valence electrons. The standard InChI is InChI=1S/C36H41NO6/c1-20(21-7-10-25(37)11-8-21)22-5-4-6-23(15-22)33-42-31-17-28-27-12-9-24-16-26(39)13-14-34(24,2)32(27)29(40)18-35(28,3)36(31,43-33)30(41)19-38/h4-8,10-11,13-16,20,27-29,31-33,38,40H,9,12,17-19,37H2,1-3H3/t20-,27-,28-,29-,31+,32+,33+,34-,35-,36+/m0/s1. The smallest absolute Gasteiger partial charge is 0.193 e. The molecule has 43 heavy (non-hydrogen) atoms. The lowest BCUT2D eigenvalue weighted by Crippen LogP contribution is -2.63. The van der Waals surface area contributed by atoms with Crippen LogP contribution in [0.4, 0.5) is 5.69 Å². The maximum absolute atomic E-state index is 13.8. The lowest BCUT2D eigenvalue weighted by molar-refractivity contribution is -0.201. The fourth-order valence-corrected chi connectivity index (χ4v) is 9.79. The molecular weight excluding hydrogens is 542 g/mol. The second-order valence-corrected chi connectivity index (χ2v) is 13.9. The minimum Gasteiger partial charge on any atom is -0.399 e. The number of carbonyl (C=O) groups excluding carboxylic acids is 2. The number of ether oxygens (including phenoxy) is 2. The van der Waals surface area contributed by atoms with Crippen LogP contribution in [0, 0.1) is 28.6 Å². The van der Waals surface area contributed by atoms with Crippen molar-refractivity contribution in [3.63, 3.8) is 0 Å². The highest BCUT2D eigenvalue weighted by atomic mass is 16.7. The number of hydrogen-bond donors (Lipinski definition) is 3. The van der Waals surface area contributed by atoms with Crippen molar-refractivity contribution in [3.05, 3.63) is 89.0 Å². The summed E-state index contributed by atoms with van der Waals surface area (Å²) in [7, 11) is 0. The minimum atomic E-state index is -1.36. The molecule has 1 aliphatic heterocycles. The summed E-state index contributed by atoms with van der Waals surface area (Å²) in [6, 6.07) is 15.9. The molecule has 10 atom stereocenters. The van der Waals surface area contributed by atoms with E-state index in [0.717, 1.165) is 40.8 Å². The molecule has 4 fully saturated rings. The van der Waals surface area contributed by atoms with Gasteiger partial charge in [-0.2, -0.15) is 0 Å². The molecule has 7 heteroatoms. The Morgan fingerprint density at radius 3 is 2.65 bits per heavy atom. The van der Waals surface area contributed by atoms with Crippen LogP contribution < -0.4 is 5.73 Å². The van der Waals surface area contributed by atoms with Crippen LogP contribution in [0.5, 0.6) is 0 Å². The van der Waals surface area contributed by atoms with Crippen molar-refractivity contribution in [3.8, 4) is 0 Å². The third kappa shape index (κ3) is 4.01. The first kappa shape index (κ1) is 28.7. The molecule has 0 amide bonds. The normalized spacial score (nSPS) is 40.2. The lowest BCUT2D eigenvalue weighted by Gasteiger charge is -2.59. The number of nitrogen functional groups attached to an aromatic ring is 1. The van der Waals surface area contributed by atoms with Crippen molar-refractivity contribution in [2.24, 2.45) is 28.6 Å². The third-order valence-electron chi connectivity index (χ3n) is 11.9. The highest BCUT2D eigenvalue weighted by Gasteiger charge is 2.75. The third-order valence-corrected chi connectivity index (χ3v) is 11.9. The van der Waals surface area contributed by atoms with Crippen LogP contribution in [-0.2, 0) is 19.1 Å². The highest BCUT2D eigenvalue weighted by molar-refractivity contribution is 6.01. The van der Waals surface area contributed by atoms with E-state index in [0.29, 0.717) is 12.8 Å². The van der Waals surface area contributed by atoms with E-state index in [9.17, 15) is 19.8 Å². The number of hydrogen-bond acceptors (Lipinski definition) is 7. The van der Waals surface area contributed by atoms with Gasteiger partial charge in [0.25, 0.3) is 0 Å². The predicted octanol–water partition coefficient (Wildman–Crippen LogP) is 5.02. The molecule has 4 aliphatic carbocycles. The molecule has 5 aliphatic rings. The topological polar surface area (TPSA) is 119 Å².